The molecule has 0 radical (unpaired) electrons. The number of nitrogens with zero attached hydrogens (tertiary/aromatic N) is 3. The van der Waals surface area contributed by atoms with E-state index in [0.717, 1.165) is 36.4 Å². The van der Waals surface area contributed by atoms with Crippen molar-refractivity contribution in [3.63, 3.8) is 0 Å². The summed E-state index contributed by atoms with van der Waals surface area (Å²) in [6, 6.07) is 9.75. The molecular weight excluding hydrogens is 1060 g/mol. The predicted octanol–water partition coefficient (Wildman–Crippen LogP) is 7.43. The van der Waals surface area contributed by atoms with E-state index < -0.39 is 85.7 Å². The van der Waals surface area contributed by atoms with Crippen molar-refractivity contribution in [2.24, 2.45) is 0 Å². The minimum atomic E-state index is -1.39. The van der Waals surface area contributed by atoms with Crippen LogP contribution in [0.5, 0.6) is 0 Å². The Morgan fingerprint density at radius 2 is 0.556 bits per heavy atom. The lowest BCUT2D eigenvalue weighted by molar-refractivity contribution is 0.0653. The summed E-state index contributed by atoms with van der Waals surface area (Å²) in [5, 5.41) is 56.9. The van der Waals surface area contributed by atoms with Crippen molar-refractivity contribution in [3.8, 4) is 0 Å². The van der Waals surface area contributed by atoms with Crippen molar-refractivity contribution in [2.45, 2.75) is 99.7 Å². The second kappa shape index (κ2) is 23.4. The number of aromatic carboxylic acids is 6. The van der Waals surface area contributed by atoms with Gasteiger partial charge >= 0.3 is 35.8 Å². The fourth-order valence-electron chi connectivity index (χ4n) is 10.0. The fraction of sp³-hybridized carbons (Fsp3) is 0.263. The molecule has 0 unspecified atom stereocenters. The largest absolute Gasteiger partial charge is 0.477 e. The third kappa shape index (κ3) is 10.7. The Labute approximate surface area is 453 Å². The number of hydrogen-bond acceptors (Lipinski definition) is 15. The third-order valence-electron chi connectivity index (χ3n) is 13.3. The summed E-state index contributed by atoms with van der Waals surface area (Å²) in [7, 11) is 0. The van der Waals surface area contributed by atoms with Gasteiger partial charge in [-0.3, -0.25) is 28.8 Å². The highest BCUT2D eigenvalue weighted by Gasteiger charge is 2.26. The van der Waals surface area contributed by atoms with Crippen LogP contribution in [0.1, 0.15) is 141 Å². The fourth-order valence-corrected chi connectivity index (χ4v) is 10.0. The van der Waals surface area contributed by atoms with E-state index in [1.165, 1.54) is 31.9 Å². The minimum absolute atomic E-state index is 0.0680. The monoisotopic (exact) mass is 1110 g/mol. The van der Waals surface area contributed by atoms with Crippen molar-refractivity contribution in [3.05, 3.63) is 167 Å². The summed E-state index contributed by atoms with van der Waals surface area (Å²) < 4.78 is 20.8. The van der Waals surface area contributed by atoms with Gasteiger partial charge in [0.15, 0.2) is 32.6 Å². The molecule has 0 saturated heterocycles. The SMILES string of the molecule is CCCc1c2oc(C(=O)O)cc(=O)c2cc2c(=O)cc(C(=O)O)n(CC)c12.CCCc1c2oc(C(=O)O)cc(=O)c2cc2c(=O)cc(C(=O)O)n(CC)c12.CCCc1c2oc(C(=O)O)cc(=O)c2cc2c(=O)cc(C(=O)O)n(CC)c12. The van der Waals surface area contributed by atoms with Crippen molar-refractivity contribution < 1.29 is 72.7 Å². The highest BCUT2D eigenvalue weighted by Crippen LogP contribution is 2.32. The summed E-state index contributed by atoms with van der Waals surface area (Å²) >= 11 is 0. The van der Waals surface area contributed by atoms with Crippen LogP contribution in [-0.4, -0.2) is 80.2 Å². The molecule has 0 fully saturated rings. The van der Waals surface area contributed by atoms with Crippen molar-refractivity contribution in [1.29, 1.82) is 0 Å². The Kier molecular flexibility index (Phi) is 16.9. The first kappa shape index (κ1) is 58.4. The molecule has 0 atom stereocenters. The topological polar surface area (TPSA) is 380 Å². The first-order valence-corrected chi connectivity index (χ1v) is 25.3. The minimum Gasteiger partial charge on any atom is -0.477 e. The van der Waals surface area contributed by atoms with E-state index in [0.29, 0.717) is 71.8 Å². The van der Waals surface area contributed by atoms with E-state index in [4.69, 9.17) is 13.3 Å². The van der Waals surface area contributed by atoms with Crippen molar-refractivity contribution in [2.75, 3.05) is 0 Å². The molecule has 81 heavy (non-hydrogen) atoms. The van der Waals surface area contributed by atoms with E-state index in [1.54, 1.807) is 20.8 Å². The number of pyridine rings is 3. The van der Waals surface area contributed by atoms with Crippen LogP contribution in [0, 0.1) is 0 Å². The van der Waals surface area contributed by atoms with Gasteiger partial charge in [0, 0.05) is 88.9 Å². The quantitative estimate of drug-likeness (QED) is 0.0543. The smallest absolute Gasteiger partial charge is 0.371 e. The maximum Gasteiger partial charge on any atom is 0.371 e. The van der Waals surface area contributed by atoms with Gasteiger partial charge in [0.25, 0.3) is 0 Å². The number of fused-ring (bicyclic) bond motifs is 6. The lowest BCUT2D eigenvalue weighted by atomic mass is 10.00. The summed E-state index contributed by atoms with van der Waals surface area (Å²) in [6.45, 7) is 11.6. The van der Waals surface area contributed by atoms with Gasteiger partial charge in [0.05, 0.1) is 32.7 Å². The maximum absolute atomic E-state index is 12.6. The second-order valence-electron chi connectivity index (χ2n) is 18.3. The molecule has 0 aliphatic rings. The van der Waals surface area contributed by atoms with Gasteiger partial charge in [-0.05, 0) is 58.2 Å². The first-order valence-electron chi connectivity index (χ1n) is 25.3. The zero-order valence-electron chi connectivity index (χ0n) is 44.2. The number of hydrogen-bond donors (Lipinski definition) is 6. The molecule has 0 saturated carbocycles. The molecule has 9 aromatic rings. The average Bonchev–Trinajstić information content (AvgIpc) is 3.55. The van der Waals surface area contributed by atoms with Gasteiger partial charge in [-0.1, -0.05) is 40.0 Å². The molecule has 6 N–H and O–H groups in total. The normalized spacial score (nSPS) is 11.2. The van der Waals surface area contributed by atoms with E-state index in [2.05, 4.69) is 0 Å². The molecule has 6 aromatic heterocycles. The van der Waals surface area contributed by atoms with Crippen LogP contribution in [0.4, 0.5) is 0 Å². The molecule has 24 nitrogen and oxygen atoms in total. The summed E-state index contributed by atoms with van der Waals surface area (Å²) in [6.07, 6.45) is 2.98. The molecule has 0 aliphatic carbocycles. The highest BCUT2D eigenvalue weighted by molar-refractivity contribution is 6.04. The van der Waals surface area contributed by atoms with Crippen LogP contribution in [0.25, 0.3) is 65.6 Å². The Balaban J connectivity index is 0.000000175. The number of carboxylic acids is 6. The average molecular weight is 1110 g/mol. The van der Waals surface area contributed by atoms with Gasteiger partial charge in [-0.2, -0.15) is 0 Å². The standard InChI is InChI=1S/3C19H17NO7/c3*1-3-5-9-16-10(13(21)7-12(18(23)24)20(16)4-2)6-11-14(22)8-15(19(25)26)27-17(9)11/h3*6-8H,3-5H2,1-2H3,(H,23,24)(H,25,26). The van der Waals surface area contributed by atoms with E-state index >= 15 is 0 Å². The van der Waals surface area contributed by atoms with Crippen LogP contribution in [0.2, 0.25) is 0 Å². The number of aryl methyl sites for hydroxylation is 6. The molecular formula is C57H51N3O21. The van der Waals surface area contributed by atoms with Gasteiger partial charge in [0.1, 0.15) is 33.8 Å². The highest BCUT2D eigenvalue weighted by atomic mass is 16.4. The number of aromatic nitrogens is 3. The van der Waals surface area contributed by atoms with E-state index in [9.17, 15) is 88.2 Å². The number of benzene rings is 3. The Hall–Kier alpha value is -10.3. The van der Waals surface area contributed by atoms with Gasteiger partial charge in [-0.15, -0.1) is 0 Å². The zero-order valence-corrected chi connectivity index (χ0v) is 44.2. The molecule has 24 heteroatoms. The van der Waals surface area contributed by atoms with Crippen molar-refractivity contribution >= 4 is 101 Å². The molecule has 0 bridgehead atoms. The lowest BCUT2D eigenvalue weighted by Gasteiger charge is -2.17. The van der Waals surface area contributed by atoms with E-state index in [1.807, 2.05) is 20.8 Å². The number of carboxylic acid groups (broad SMARTS) is 6. The molecule has 6 heterocycles. The number of carbonyl (C=O) groups is 6. The Morgan fingerprint density at radius 1 is 0.333 bits per heavy atom. The maximum atomic E-state index is 12.6. The Morgan fingerprint density at radius 3 is 0.741 bits per heavy atom. The lowest BCUT2D eigenvalue weighted by Crippen LogP contribution is -2.19. The molecule has 420 valence electrons. The van der Waals surface area contributed by atoms with Gasteiger partial charge in [-0.25, -0.2) is 28.8 Å². The van der Waals surface area contributed by atoms with Gasteiger partial charge in [0.2, 0.25) is 17.3 Å². The van der Waals surface area contributed by atoms with Crippen LogP contribution >= 0.6 is 0 Å². The molecule has 0 aliphatic heterocycles. The van der Waals surface area contributed by atoms with E-state index in [-0.39, 0.29) is 85.8 Å². The van der Waals surface area contributed by atoms with Crippen LogP contribution in [-0.2, 0) is 38.9 Å². The summed E-state index contributed by atoms with van der Waals surface area (Å²) in [5.74, 6) is -9.44. The first-order chi connectivity index (χ1) is 38.4. The molecule has 3 aromatic carbocycles. The Bertz CT molecular complexity index is 4110. The number of rotatable bonds is 15. The zero-order chi connectivity index (χ0) is 59.6. The third-order valence-corrected chi connectivity index (χ3v) is 13.3. The van der Waals surface area contributed by atoms with Gasteiger partial charge < -0.3 is 57.6 Å². The van der Waals surface area contributed by atoms with Crippen LogP contribution in [0.3, 0.4) is 0 Å². The molecule has 0 amide bonds. The molecule has 9 rings (SSSR count). The second-order valence-corrected chi connectivity index (χ2v) is 18.3. The van der Waals surface area contributed by atoms with Crippen molar-refractivity contribution in [1.82, 2.24) is 13.7 Å². The summed E-state index contributed by atoms with van der Waals surface area (Å²) in [5.41, 5.74) is -1.20. The predicted molar refractivity (Wildman–Crippen MR) is 294 cm³/mol. The summed E-state index contributed by atoms with van der Waals surface area (Å²) in [4.78, 5) is 144. The van der Waals surface area contributed by atoms with Crippen LogP contribution in [0.15, 0.2) is 96.6 Å². The molecule has 0 spiro atoms. The van der Waals surface area contributed by atoms with Crippen LogP contribution < -0.4 is 32.6 Å².